The van der Waals surface area contributed by atoms with E-state index in [1.807, 2.05) is 28.9 Å². The Morgan fingerprint density at radius 2 is 1.77 bits per heavy atom. The molecule has 0 aliphatic carbocycles. The van der Waals surface area contributed by atoms with Crippen molar-refractivity contribution in [2.45, 2.75) is 39.5 Å². The standard InChI is InChI=1S/C20H29N3O3/c1-15-4-3-9-21-19(15)26-14-17-5-10-23(11-6-17)20(25)18-7-12-22(13-8-18)16(2)24/h3-4,9,17-18H,5-8,10-14H2,1-2H3. The number of carbonyl (C=O) groups is 2. The quantitative estimate of drug-likeness (QED) is 0.827. The number of ether oxygens (including phenoxy) is 1. The van der Waals surface area contributed by atoms with Crippen LogP contribution >= 0.6 is 0 Å². The molecular formula is C20H29N3O3. The van der Waals surface area contributed by atoms with Crippen molar-refractivity contribution in [1.82, 2.24) is 14.8 Å². The zero-order valence-electron chi connectivity index (χ0n) is 15.8. The number of rotatable bonds is 4. The number of hydrogen-bond donors (Lipinski definition) is 0. The lowest BCUT2D eigenvalue weighted by molar-refractivity contribution is -0.141. The summed E-state index contributed by atoms with van der Waals surface area (Å²) in [5, 5.41) is 0. The third-order valence-corrected chi connectivity index (χ3v) is 5.63. The maximum atomic E-state index is 12.7. The molecule has 3 heterocycles. The van der Waals surface area contributed by atoms with E-state index in [-0.39, 0.29) is 17.7 Å². The summed E-state index contributed by atoms with van der Waals surface area (Å²) in [5.41, 5.74) is 1.05. The summed E-state index contributed by atoms with van der Waals surface area (Å²) >= 11 is 0. The summed E-state index contributed by atoms with van der Waals surface area (Å²) < 4.78 is 5.87. The first-order chi connectivity index (χ1) is 12.5. The molecule has 0 unspecified atom stereocenters. The number of aromatic nitrogens is 1. The molecule has 2 aliphatic heterocycles. The lowest BCUT2D eigenvalue weighted by atomic mass is 9.92. The highest BCUT2D eigenvalue weighted by Crippen LogP contribution is 2.24. The largest absolute Gasteiger partial charge is 0.477 e. The first-order valence-corrected chi connectivity index (χ1v) is 9.63. The second-order valence-corrected chi connectivity index (χ2v) is 7.49. The Bertz CT molecular complexity index is 633. The Morgan fingerprint density at radius 3 is 2.38 bits per heavy atom. The van der Waals surface area contributed by atoms with E-state index in [2.05, 4.69) is 4.98 Å². The molecule has 1 aromatic rings. The molecule has 0 bridgehead atoms. The first kappa shape index (κ1) is 18.7. The van der Waals surface area contributed by atoms with Gasteiger partial charge in [0.25, 0.3) is 0 Å². The molecule has 0 spiro atoms. The van der Waals surface area contributed by atoms with Crippen LogP contribution in [-0.2, 0) is 9.59 Å². The summed E-state index contributed by atoms with van der Waals surface area (Å²) in [6.45, 7) is 7.29. The van der Waals surface area contributed by atoms with E-state index < -0.39 is 0 Å². The van der Waals surface area contributed by atoms with Crippen LogP contribution in [0, 0.1) is 18.8 Å². The van der Waals surface area contributed by atoms with Gasteiger partial charge in [0.2, 0.25) is 17.7 Å². The molecule has 6 heteroatoms. The predicted octanol–water partition coefficient (Wildman–Crippen LogP) is 2.27. The van der Waals surface area contributed by atoms with Gasteiger partial charge < -0.3 is 14.5 Å². The minimum Gasteiger partial charge on any atom is -0.477 e. The third kappa shape index (κ3) is 4.54. The minimum absolute atomic E-state index is 0.0783. The Labute approximate surface area is 155 Å². The number of piperidine rings is 2. The van der Waals surface area contributed by atoms with Gasteiger partial charge in [0, 0.05) is 50.8 Å². The van der Waals surface area contributed by atoms with Gasteiger partial charge in [0.05, 0.1) is 6.61 Å². The zero-order valence-corrected chi connectivity index (χ0v) is 15.8. The molecule has 0 saturated carbocycles. The molecule has 2 saturated heterocycles. The average molecular weight is 359 g/mol. The van der Waals surface area contributed by atoms with Crippen molar-refractivity contribution in [3.8, 4) is 5.88 Å². The van der Waals surface area contributed by atoms with Crippen molar-refractivity contribution < 1.29 is 14.3 Å². The van der Waals surface area contributed by atoms with Gasteiger partial charge in [0.1, 0.15) is 0 Å². The van der Waals surface area contributed by atoms with Gasteiger partial charge in [-0.15, -0.1) is 0 Å². The molecule has 1 aromatic heterocycles. The normalized spacial score (nSPS) is 19.5. The topological polar surface area (TPSA) is 62.7 Å². The Balaban J connectivity index is 1.41. The highest BCUT2D eigenvalue weighted by molar-refractivity contribution is 5.79. The number of pyridine rings is 1. The van der Waals surface area contributed by atoms with E-state index >= 15 is 0 Å². The number of nitrogens with zero attached hydrogens (tertiary/aromatic N) is 3. The molecule has 0 atom stereocenters. The van der Waals surface area contributed by atoms with Crippen LogP contribution in [0.4, 0.5) is 0 Å². The molecule has 0 radical (unpaired) electrons. The summed E-state index contributed by atoms with van der Waals surface area (Å²) in [6, 6.07) is 3.91. The highest BCUT2D eigenvalue weighted by Gasteiger charge is 2.31. The highest BCUT2D eigenvalue weighted by atomic mass is 16.5. The first-order valence-electron chi connectivity index (χ1n) is 9.63. The summed E-state index contributed by atoms with van der Waals surface area (Å²) in [5.74, 6) is 1.64. The van der Waals surface area contributed by atoms with E-state index in [9.17, 15) is 9.59 Å². The van der Waals surface area contributed by atoms with Crippen molar-refractivity contribution in [3.05, 3.63) is 23.9 Å². The number of amides is 2. The summed E-state index contributed by atoms with van der Waals surface area (Å²) in [7, 11) is 0. The van der Waals surface area contributed by atoms with Crippen molar-refractivity contribution >= 4 is 11.8 Å². The second kappa shape index (κ2) is 8.52. The molecule has 6 nitrogen and oxygen atoms in total. The van der Waals surface area contributed by atoms with E-state index in [1.54, 1.807) is 13.1 Å². The summed E-state index contributed by atoms with van der Waals surface area (Å²) in [6.07, 6.45) is 5.29. The van der Waals surface area contributed by atoms with Crippen molar-refractivity contribution in [2.75, 3.05) is 32.8 Å². The monoisotopic (exact) mass is 359 g/mol. The predicted molar refractivity (Wildman–Crippen MR) is 98.8 cm³/mol. The van der Waals surface area contributed by atoms with Crippen molar-refractivity contribution in [2.24, 2.45) is 11.8 Å². The molecular weight excluding hydrogens is 330 g/mol. The number of hydrogen-bond acceptors (Lipinski definition) is 4. The maximum absolute atomic E-state index is 12.7. The van der Waals surface area contributed by atoms with Crippen LogP contribution in [-0.4, -0.2) is 59.4 Å². The number of likely N-dealkylation sites (tertiary alicyclic amines) is 2. The van der Waals surface area contributed by atoms with Crippen molar-refractivity contribution in [1.29, 1.82) is 0 Å². The van der Waals surface area contributed by atoms with Crippen LogP contribution in [0.3, 0.4) is 0 Å². The van der Waals surface area contributed by atoms with E-state index in [1.165, 1.54) is 0 Å². The van der Waals surface area contributed by atoms with E-state index in [0.29, 0.717) is 31.5 Å². The van der Waals surface area contributed by atoms with Gasteiger partial charge in [-0.3, -0.25) is 9.59 Å². The molecule has 2 aliphatic rings. The lowest BCUT2D eigenvalue weighted by Crippen LogP contribution is -2.46. The summed E-state index contributed by atoms with van der Waals surface area (Å²) in [4.78, 5) is 32.3. The SMILES string of the molecule is CC(=O)N1CCC(C(=O)N2CCC(COc3ncccc3C)CC2)CC1. The second-order valence-electron chi connectivity index (χ2n) is 7.49. The third-order valence-electron chi connectivity index (χ3n) is 5.63. The number of carbonyl (C=O) groups excluding carboxylic acids is 2. The van der Waals surface area contributed by atoms with Crippen LogP contribution in [0.25, 0.3) is 0 Å². The molecule has 26 heavy (non-hydrogen) atoms. The van der Waals surface area contributed by atoms with Crippen LogP contribution in [0.1, 0.15) is 38.2 Å². The van der Waals surface area contributed by atoms with Gasteiger partial charge in [-0.05, 0) is 44.6 Å². The van der Waals surface area contributed by atoms with Crippen molar-refractivity contribution in [3.63, 3.8) is 0 Å². The number of aryl methyl sites for hydroxylation is 1. The molecule has 0 aromatic carbocycles. The van der Waals surface area contributed by atoms with Crippen LogP contribution < -0.4 is 4.74 Å². The maximum Gasteiger partial charge on any atom is 0.225 e. The lowest BCUT2D eigenvalue weighted by Gasteiger charge is -2.37. The smallest absolute Gasteiger partial charge is 0.225 e. The van der Waals surface area contributed by atoms with Crippen LogP contribution in [0.5, 0.6) is 5.88 Å². The van der Waals surface area contributed by atoms with Gasteiger partial charge in [-0.25, -0.2) is 4.98 Å². The fourth-order valence-corrected chi connectivity index (χ4v) is 3.84. The molecule has 142 valence electrons. The van der Waals surface area contributed by atoms with Gasteiger partial charge in [-0.1, -0.05) is 6.07 Å². The fourth-order valence-electron chi connectivity index (χ4n) is 3.84. The zero-order chi connectivity index (χ0) is 18.5. The van der Waals surface area contributed by atoms with Gasteiger partial charge >= 0.3 is 0 Å². The molecule has 2 fully saturated rings. The van der Waals surface area contributed by atoms with Gasteiger partial charge in [0.15, 0.2) is 0 Å². The molecule has 2 amide bonds. The average Bonchev–Trinajstić information content (AvgIpc) is 2.67. The molecule has 3 rings (SSSR count). The Kier molecular flexibility index (Phi) is 6.12. The van der Waals surface area contributed by atoms with E-state index in [0.717, 1.165) is 44.3 Å². The van der Waals surface area contributed by atoms with Crippen LogP contribution in [0.2, 0.25) is 0 Å². The van der Waals surface area contributed by atoms with Crippen LogP contribution in [0.15, 0.2) is 18.3 Å². The van der Waals surface area contributed by atoms with Gasteiger partial charge in [-0.2, -0.15) is 0 Å². The Morgan fingerprint density at radius 1 is 1.12 bits per heavy atom. The minimum atomic E-state index is 0.0783. The Hall–Kier alpha value is -2.11. The molecule has 0 N–H and O–H groups in total. The van der Waals surface area contributed by atoms with E-state index in [4.69, 9.17) is 4.74 Å². The fraction of sp³-hybridized carbons (Fsp3) is 0.650.